The van der Waals surface area contributed by atoms with Gasteiger partial charge in [0.2, 0.25) is 0 Å². The molecule has 0 saturated heterocycles. The third-order valence-corrected chi connectivity index (χ3v) is 5.05. The van der Waals surface area contributed by atoms with Crippen LogP contribution in [0.15, 0.2) is 66.7 Å². The monoisotopic (exact) mass is 456 g/mol. The summed E-state index contributed by atoms with van der Waals surface area (Å²) in [5, 5.41) is 11.3. The highest BCUT2D eigenvalue weighted by Gasteiger charge is 2.22. The van der Waals surface area contributed by atoms with E-state index in [1.165, 1.54) is 12.1 Å². The third-order valence-electron chi connectivity index (χ3n) is 5.05. The van der Waals surface area contributed by atoms with Gasteiger partial charge < -0.3 is 19.5 Å². The lowest BCUT2D eigenvalue weighted by Crippen LogP contribution is -2.22. The fourth-order valence-electron chi connectivity index (χ4n) is 3.40. The van der Waals surface area contributed by atoms with Gasteiger partial charge in [0.25, 0.3) is 5.91 Å². The van der Waals surface area contributed by atoms with Crippen LogP contribution in [0.1, 0.15) is 31.8 Å². The van der Waals surface area contributed by atoms with Crippen molar-refractivity contribution in [3.63, 3.8) is 0 Å². The molecule has 0 unspecified atom stereocenters. The SMILES string of the molecule is N#CCc1ccc(NC(=O)COC(=O)c2ccccc2C(=O)c2ccc3c(c2)OCCO3)cc1. The first kappa shape index (κ1) is 22.6. The molecule has 3 aromatic rings. The summed E-state index contributed by atoms with van der Waals surface area (Å²) in [4.78, 5) is 38.0. The van der Waals surface area contributed by atoms with Crippen molar-refractivity contribution < 1.29 is 28.6 Å². The minimum atomic E-state index is -0.791. The third kappa shape index (κ3) is 5.22. The molecule has 1 aliphatic rings. The van der Waals surface area contributed by atoms with Crippen LogP contribution in [-0.2, 0) is 16.0 Å². The fourth-order valence-corrected chi connectivity index (χ4v) is 3.40. The standard InChI is InChI=1S/C26H20N2O6/c27-12-11-17-5-8-19(9-6-17)28-24(29)16-34-26(31)21-4-2-1-3-20(21)25(30)18-7-10-22-23(15-18)33-14-13-32-22/h1-10,15H,11,13-14,16H2,(H,28,29). The van der Waals surface area contributed by atoms with Gasteiger partial charge in [0.1, 0.15) is 13.2 Å². The molecule has 0 radical (unpaired) electrons. The lowest BCUT2D eigenvalue weighted by molar-refractivity contribution is -0.119. The van der Waals surface area contributed by atoms with Gasteiger partial charge in [0.15, 0.2) is 23.9 Å². The van der Waals surface area contributed by atoms with Crippen LogP contribution in [0.4, 0.5) is 5.69 Å². The molecule has 1 heterocycles. The summed E-state index contributed by atoms with van der Waals surface area (Å²) in [6.07, 6.45) is 0.274. The minimum absolute atomic E-state index is 0.0519. The Morgan fingerprint density at radius 2 is 1.62 bits per heavy atom. The molecule has 0 saturated carbocycles. The van der Waals surface area contributed by atoms with Crippen molar-refractivity contribution in [2.24, 2.45) is 0 Å². The Labute approximate surface area is 195 Å². The first-order valence-electron chi connectivity index (χ1n) is 10.5. The van der Waals surface area contributed by atoms with Gasteiger partial charge in [-0.15, -0.1) is 0 Å². The predicted octanol–water partition coefficient (Wildman–Crippen LogP) is 3.55. The number of ketones is 1. The van der Waals surface area contributed by atoms with Crippen LogP contribution in [0.5, 0.6) is 11.5 Å². The molecule has 8 nitrogen and oxygen atoms in total. The Bertz CT molecular complexity index is 1280. The van der Waals surface area contributed by atoms with Crippen molar-refractivity contribution in [1.82, 2.24) is 0 Å². The van der Waals surface area contributed by atoms with E-state index in [9.17, 15) is 14.4 Å². The molecule has 0 bridgehead atoms. The molecule has 3 aromatic carbocycles. The Balaban J connectivity index is 1.42. The van der Waals surface area contributed by atoms with Crippen LogP contribution in [0.2, 0.25) is 0 Å². The summed E-state index contributed by atoms with van der Waals surface area (Å²) in [6, 6.07) is 19.9. The van der Waals surface area contributed by atoms with Gasteiger partial charge >= 0.3 is 5.97 Å². The number of esters is 1. The highest BCUT2D eigenvalue weighted by Crippen LogP contribution is 2.31. The lowest BCUT2D eigenvalue weighted by atomic mass is 9.98. The van der Waals surface area contributed by atoms with Crippen molar-refractivity contribution in [1.29, 1.82) is 5.26 Å². The van der Waals surface area contributed by atoms with E-state index in [0.717, 1.165) is 5.56 Å². The Kier molecular flexibility index (Phi) is 6.84. The molecule has 8 heteroatoms. The van der Waals surface area contributed by atoms with E-state index in [1.54, 1.807) is 54.6 Å². The van der Waals surface area contributed by atoms with Crippen molar-refractivity contribution in [2.75, 3.05) is 25.1 Å². The summed E-state index contributed by atoms with van der Waals surface area (Å²) >= 11 is 0. The maximum atomic E-state index is 13.1. The van der Waals surface area contributed by atoms with Gasteiger partial charge in [-0.1, -0.05) is 30.3 Å². The molecule has 1 amide bonds. The van der Waals surface area contributed by atoms with Gasteiger partial charge in [-0.3, -0.25) is 9.59 Å². The second-order valence-corrected chi connectivity index (χ2v) is 7.39. The number of rotatable bonds is 7. The number of carbonyl (C=O) groups excluding carboxylic acids is 3. The minimum Gasteiger partial charge on any atom is -0.486 e. The maximum Gasteiger partial charge on any atom is 0.339 e. The number of hydrogen-bond donors (Lipinski definition) is 1. The number of ether oxygens (including phenoxy) is 3. The quantitative estimate of drug-likeness (QED) is 0.427. The summed E-state index contributed by atoms with van der Waals surface area (Å²) in [5.74, 6) is -0.680. The summed E-state index contributed by atoms with van der Waals surface area (Å²) in [6.45, 7) is 0.306. The van der Waals surface area contributed by atoms with E-state index >= 15 is 0 Å². The highest BCUT2D eigenvalue weighted by atomic mass is 16.6. The lowest BCUT2D eigenvalue weighted by Gasteiger charge is -2.18. The van der Waals surface area contributed by atoms with Crippen molar-refractivity contribution in [3.05, 3.63) is 89.0 Å². The molecule has 0 aliphatic carbocycles. The van der Waals surface area contributed by atoms with Crippen LogP contribution >= 0.6 is 0 Å². The zero-order valence-corrected chi connectivity index (χ0v) is 18.1. The number of nitriles is 1. The van der Waals surface area contributed by atoms with Gasteiger partial charge in [-0.05, 0) is 42.0 Å². The number of hydrogen-bond acceptors (Lipinski definition) is 7. The zero-order valence-electron chi connectivity index (χ0n) is 18.1. The van der Waals surface area contributed by atoms with E-state index in [4.69, 9.17) is 19.5 Å². The molecule has 0 aromatic heterocycles. The molecular weight excluding hydrogens is 436 g/mol. The van der Waals surface area contributed by atoms with Crippen LogP contribution in [-0.4, -0.2) is 37.5 Å². The normalized spacial score (nSPS) is 11.7. The van der Waals surface area contributed by atoms with E-state index in [1.807, 2.05) is 6.07 Å². The Morgan fingerprint density at radius 3 is 2.35 bits per heavy atom. The van der Waals surface area contributed by atoms with Gasteiger partial charge in [-0.25, -0.2) is 4.79 Å². The summed E-state index contributed by atoms with van der Waals surface area (Å²) in [7, 11) is 0. The average Bonchev–Trinajstić information content (AvgIpc) is 2.88. The van der Waals surface area contributed by atoms with Crippen molar-refractivity contribution >= 4 is 23.3 Å². The Hall–Kier alpha value is -4.64. The van der Waals surface area contributed by atoms with Crippen LogP contribution in [0.25, 0.3) is 0 Å². The molecule has 0 spiro atoms. The molecule has 0 fully saturated rings. The summed E-state index contributed by atoms with van der Waals surface area (Å²) in [5.41, 5.74) is 1.87. The van der Waals surface area contributed by atoms with E-state index in [2.05, 4.69) is 5.32 Å². The number of fused-ring (bicyclic) bond motifs is 1. The largest absolute Gasteiger partial charge is 0.486 e. The van der Waals surface area contributed by atoms with Crippen molar-refractivity contribution in [2.45, 2.75) is 6.42 Å². The smallest absolute Gasteiger partial charge is 0.339 e. The molecule has 4 rings (SSSR count). The van der Waals surface area contributed by atoms with Gasteiger partial charge in [0.05, 0.1) is 18.1 Å². The van der Waals surface area contributed by atoms with Crippen LogP contribution in [0.3, 0.4) is 0 Å². The molecule has 0 atom stereocenters. The molecule has 1 aliphatic heterocycles. The first-order valence-corrected chi connectivity index (χ1v) is 10.5. The number of nitrogens with one attached hydrogen (secondary N) is 1. The average molecular weight is 456 g/mol. The number of carbonyl (C=O) groups is 3. The van der Waals surface area contributed by atoms with Crippen molar-refractivity contribution in [3.8, 4) is 17.6 Å². The number of benzene rings is 3. The Morgan fingerprint density at radius 1 is 0.912 bits per heavy atom. The second-order valence-electron chi connectivity index (χ2n) is 7.39. The molecule has 170 valence electrons. The number of anilines is 1. The first-order chi connectivity index (χ1) is 16.5. The van der Waals surface area contributed by atoms with Gasteiger partial charge in [0, 0.05) is 16.8 Å². The van der Waals surface area contributed by atoms with Crippen LogP contribution in [0, 0.1) is 11.3 Å². The molecule has 1 N–H and O–H groups in total. The van der Waals surface area contributed by atoms with Crippen LogP contribution < -0.4 is 14.8 Å². The second kappa shape index (κ2) is 10.3. The van der Waals surface area contributed by atoms with Gasteiger partial charge in [-0.2, -0.15) is 5.26 Å². The van der Waals surface area contributed by atoms with E-state index in [0.29, 0.717) is 36.0 Å². The number of amides is 1. The molecule has 34 heavy (non-hydrogen) atoms. The predicted molar refractivity (Wildman–Crippen MR) is 122 cm³/mol. The van der Waals surface area contributed by atoms with E-state index < -0.39 is 18.5 Å². The molecular formula is C26H20N2O6. The summed E-state index contributed by atoms with van der Waals surface area (Å²) < 4.78 is 16.2. The zero-order chi connectivity index (χ0) is 23.9. The topological polar surface area (TPSA) is 115 Å². The number of nitrogens with zero attached hydrogens (tertiary/aromatic N) is 1. The highest BCUT2D eigenvalue weighted by molar-refractivity contribution is 6.14. The van der Waals surface area contributed by atoms with E-state index in [-0.39, 0.29) is 23.3 Å². The maximum absolute atomic E-state index is 13.1. The fraction of sp³-hybridized carbons (Fsp3) is 0.154.